The van der Waals surface area contributed by atoms with Crippen LogP contribution in [0.4, 0.5) is 0 Å². The fourth-order valence-electron chi connectivity index (χ4n) is 1.45. The molecule has 1 fully saturated rings. The minimum absolute atomic E-state index is 0.158. The van der Waals surface area contributed by atoms with E-state index in [1.54, 1.807) is 7.11 Å². The van der Waals surface area contributed by atoms with Gasteiger partial charge < -0.3 is 15.2 Å². The molecule has 1 atom stereocenters. The minimum Gasteiger partial charge on any atom is -0.480 e. The van der Waals surface area contributed by atoms with Gasteiger partial charge in [-0.2, -0.15) is 0 Å². The number of methoxy groups -OCH3 is 1. The maximum Gasteiger partial charge on any atom is 0.325 e. The molecule has 1 aliphatic rings. The number of hydrogen-bond acceptors (Lipinski definition) is 3. The number of aliphatic carboxylic acids is 1. The number of ether oxygens (including phenoxy) is 1. The fourth-order valence-corrected chi connectivity index (χ4v) is 1.45. The molecule has 0 aromatic heterocycles. The maximum absolute atomic E-state index is 11.7. The first-order chi connectivity index (χ1) is 7.02. The van der Waals surface area contributed by atoms with Gasteiger partial charge in [0, 0.05) is 13.7 Å². The van der Waals surface area contributed by atoms with E-state index in [4.69, 9.17) is 9.84 Å². The fraction of sp³-hybridized carbons (Fsp3) is 0.800. The zero-order valence-electron chi connectivity index (χ0n) is 9.08. The molecule has 1 rings (SSSR count). The molecular weight excluding hydrogens is 198 g/mol. The van der Waals surface area contributed by atoms with Crippen LogP contribution in [-0.2, 0) is 14.3 Å². The summed E-state index contributed by atoms with van der Waals surface area (Å²) in [6.45, 7) is 2.00. The van der Waals surface area contributed by atoms with E-state index in [9.17, 15) is 9.59 Å². The van der Waals surface area contributed by atoms with Gasteiger partial charge >= 0.3 is 5.97 Å². The third-order valence-corrected chi connectivity index (χ3v) is 2.84. The summed E-state index contributed by atoms with van der Waals surface area (Å²) in [7, 11) is 1.59. The lowest BCUT2D eigenvalue weighted by Crippen LogP contribution is -2.42. The molecule has 86 valence electrons. The average molecular weight is 215 g/mol. The van der Waals surface area contributed by atoms with E-state index < -0.39 is 12.0 Å². The first-order valence-electron chi connectivity index (χ1n) is 5.04. The number of amides is 1. The van der Waals surface area contributed by atoms with Crippen molar-refractivity contribution >= 4 is 11.9 Å². The number of rotatable bonds is 6. The molecule has 1 amide bonds. The van der Waals surface area contributed by atoms with E-state index >= 15 is 0 Å². The van der Waals surface area contributed by atoms with Crippen LogP contribution in [0.15, 0.2) is 0 Å². The Morgan fingerprint density at radius 3 is 2.53 bits per heavy atom. The van der Waals surface area contributed by atoms with E-state index in [0.717, 1.165) is 12.8 Å². The van der Waals surface area contributed by atoms with Crippen molar-refractivity contribution in [2.45, 2.75) is 32.2 Å². The molecule has 15 heavy (non-hydrogen) atoms. The third kappa shape index (κ3) is 2.92. The van der Waals surface area contributed by atoms with Crippen molar-refractivity contribution in [2.75, 3.05) is 13.7 Å². The van der Waals surface area contributed by atoms with Gasteiger partial charge in [-0.3, -0.25) is 9.59 Å². The van der Waals surface area contributed by atoms with Gasteiger partial charge in [-0.05, 0) is 26.2 Å². The summed E-state index contributed by atoms with van der Waals surface area (Å²) in [5.74, 6) is -1.17. The van der Waals surface area contributed by atoms with Crippen molar-refractivity contribution in [2.24, 2.45) is 5.41 Å². The molecule has 5 nitrogen and oxygen atoms in total. The summed E-state index contributed by atoms with van der Waals surface area (Å²) >= 11 is 0. The van der Waals surface area contributed by atoms with Crippen LogP contribution in [-0.4, -0.2) is 36.7 Å². The Labute approximate surface area is 88.8 Å². The van der Waals surface area contributed by atoms with Gasteiger partial charge in [-0.15, -0.1) is 0 Å². The Bertz CT molecular complexity index is 260. The first kappa shape index (κ1) is 12.0. The van der Waals surface area contributed by atoms with Crippen molar-refractivity contribution in [3.63, 3.8) is 0 Å². The summed E-state index contributed by atoms with van der Waals surface area (Å²) < 4.78 is 4.92. The lowest BCUT2D eigenvalue weighted by molar-refractivity contribution is -0.142. The second-order valence-electron chi connectivity index (χ2n) is 4.06. The van der Waals surface area contributed by atoms with Crippen LogP contribution in [0.3, 0.4) is 0 Å². The Balaban J connectivity index is 2.43. The van der Waals surface area contributed by atoms with Crippen molar-refractivity contribution in [1.82, 2.24) is 5.32 Å². The van der Waals surface area contributed by atoms with Gasteiger partial charge in [0.25, 0.3) is 0 Å². The average Bonchev–Trinajstić information content (AvgIpc) is 2.95. The van der Waals surface area contributed by atoms with E-state index in [-0.39, 0.29) is 11.3 Å². The van der Waals surface area contributed by atoms with Gasteiger partial charge in [0.05, 0.1) is 5.41 Å². The molecule has 0 radical (unpaired) electrons. The number of hydrogen-bond donors (Lipinski definition) is 2. The number of carbonyl (C=O) groups is 2. The Kier molecular flexibility index (Phi) is 3.68. The highest BCUT2D eigenvalue weighted by atomic mass is 16.5. The van der Waals surface area contributed by atoms with Gasteiger partial charge in [0.15, 0.2) is 0 Å². The highest BCUT2D eigenvalue weighted by molar-refractivity contribution is 5.89. The minimum atomic E-state index is -1.01. The van der Waals surface area contributed by atoms with E-state index in [2.05, 4.69) is 5.32 Å². The largest absolute Gasteiger partial charge is 0.480 e. The van der Waals surface area contributed by atoms with Crippen molar-refractivity contribution in [1.29, 1.82) is 0 Å². The third-order valence-electron chi connectivity index (χ3n) is 2.84. The van der Waals surface area contributed by atoms with E-state index in [1.165, 1.54) is 6.92 Å². The quantitative estimate of drug-likeness (QED) is 0.672. The molecule has 2 N–H and O–H groups in total. The van der Waals surface area contributed by atoms with Gasteiger partial charge in [0.2, 0.25) is 5.91 Å². The molecule has 0 aliphatic heterocycles. The smallest absolute Gasteiger partial charge is 0.325 e. The monoisotopic (exact) mass is 215 g/mol. The van der Waals surface area contributed by atoms with Crippen LogP contribution >= 0.6 is 0 Å². The van der Waals surface area contributed by atoms with Crippen molar-refractivity contribution in [3.8, 4) is 0 Å². The topological polar surface area (TPSA) is 75.6 Å². The number of carbonyl (C=O) groups excluding carboxylic acids is 1. The molecule has 1 aliphatic carbocycles. The highest BCUT2D eigenvalue weighted by Crippen LogP contribution is 2.49. The molecule has 0 saturated heterocycles. The molecular formula is C10H17NO4. The van der Waals surface area contributed by atoms with E-state index in [0.29, 0.717) is 13.0 Å². The van der Waals surface area contributed by atoms with Gasteiger partial charge in [0.1, 0.15) is 6.04 Å². The summed E-state index contributed by atoms with van der Waals surface area (Å²) in [5.41, 5.74) is -0.361. The van der Waals surface area contributed by atoms with Crippen LogP contribution in [0.25, 0.3) is 0 Å². The predicted molar refractivity (Wildman–Crippen MR) is 53.4 cm³/mol. The van der Waals surface area contributed by atoms with Crippen LogP contribution in [0.1, 0.15) is 26.2 Å². The van der Waals surface area contributed by atoms with Crippen LogP contribution in [0.2, 0.25) is 0 Å². The molecule has 1 saturated carbocycles. The summed E-state index contributed by atoms with van der Waals surface area (Å²) in [6.07, 6.45) is 2.32. The molecule has 0 heterocycles. The number of nitrogens with one attached hydrogen (secondary N) is 1. The maximum atomic E-state index is 11.7. The lowest BCUT2D eigenvalue weighted by Gasteiger charge is -2.16. The highest BCUT2D eigenvalue weighted by Gasteiger charge is 2.49. The Morgan fingerprint density at radius 2 is 2.13 bits per heavy atom. The zero-order chi connectivity index (χ0) is 11.5. The molecule has 1 unspecified atom stereocenters. The summed E-state index contributed by atoms with van der Waals surface area (Å²) in [4.78, 5) is 22.3. The zero-order valence-corrected chi connectivity index (χ0v) is 9.08. The summed E-state index contributed by atoms with van der Waals surface area (Å²) in [6, 6.07) is -0.822. The van der Waals surface area contributed by atoms with Crippen LogP contribution < -0.4 is 5.32 Å². The normalized spacial score (nSPS) is 19.3. The predicted octanol–water partition coefficient (Wildman–Crippen LogP) is 0.392. The number of carboxylic acid groups (broad SMARTS) is 1. The van der Waals surface area contributed by atoms with Crippen molar-refractivity contribution < 1.29 is 19.4 Å². The van der Waals surface area contributed by atoms with Gasteiger partial charge in [-0.1, -0.05) is 0 Å². The SMILES string of the molecule is COCCC1(C(=O)NC(C)C(=O)O)CC1. The molecule has 0 aromatic rings. The van der Waals surface area contributed by atoms with Crippen molar-refractivity contribution in [3.05, 3.63) is 0 Å². The second-order valence-corrected chi connectivity index (χ2v) is 4.06. The number of carboxylic acids is 1. The standard InChI is InChI=1S/C10H17NO4/c1-7(8(12)13)11-9(14)10(3-4-10)5-6-15-2/h7H,3-6H2,1-2H3,(H,11,14)(H,12,13). The lowest BCUT2D eigenvalue weighted by atomic mass is 10.0. The molecule has 0 spiro atoms. The Hall–Kier alpha value is -1.10. The van der Waals surface area contributed by atoms with Gasteiger partial charge in [-0.25, -0.2) is 0 Å². The van der Waals surface area contributed by atoms with Crippen LogP contribution in [0, 0.1) is 5.41 Å². The van der Waals surface area contributed by atoms with Crippen LogP contribution in [0.5, 0.6) is 0 Å². The molecule has 5 heteroatoms. The molecule has 0 aromatic carbocycles. The second kappa shape index (κ2) is 4.61. The Morgan fingerprint density at radius 1 is 1.53 bits per heavy atom. The summed E-state index contributed by atoms with van der Waals surface area (Å²) in [5, 5.41) is 11.2. The first-order valence-corrected chi connectivity index (χ1v) is 5.04. The van der Waals surface area contributed by atoms with E-state index in [1.807, 2.05) is 0 Å². The molecule has 0 bridgehead atoms.